The maximum absolute atomic E-state index is 14.0. The lowest BCUT2D eigenvalue weighted by Gasteiger charge is -2.11. The standard InChI is InChI=1S/C17H14FNO2S/c1-13-8-10-14(11-9-13)22(20,21)19-12-4-7-17(19)15-5-2-3-6-16(15)18/h2-12H,1H3. The van der Waals surface area contributed by atoms with Crippen molar-refractivity contribution in [1.82, 2.24) is 3.97 Å². The van der Waals surface area contributed by atoms with Crippen LogP contribution in [0.25, 0.3) is 11.3 Å². The maximum Gasteiger partial charge on any atom is 0.268 e. The van der Waals surface area contributed by atoms with E-state index >= 15 is 0 Å². The zero-order valence-electron chi connectivity index (χ0n) is 11.9. The molecule has 0 N–H and O–H groups in total. The lowest BCUT2D eigenvalue weighted by molar-refractivity contribution is 0.587. The molecule has 22 heavy (non-hydrogen) atoms. The van der Waals surface area contributed by atoms with Crippen LogP contribution >= 0.6 is 0 Å². The minimum Gasteiger partial charge on any atom is -0.241 e. The van der Waals surface area contributed by atoms with Crippen LogP contribution in [-0.2, 0) is 10.0 Å². The number of hydrogen-bond acceptors (Lipinski definition) is 2. The third-order valence-electron chi connectivity index (χ3n) is 3.44. The lowest BCUT2D eigenvalue weighted by Crippen LogP contribution is -2.13. The number of aryl methyl sites for hydroxylation is 1. The highest BCUT2D eigenvalue weighted by Gasteiger charge is 2.21. The zero-order valence-corrected chi connectivity index (χ0v) is 12.7. The van der Waals surface area contributed by atoms with E-state index in [1.54, 1.807) is 54.6 Å². The Labute approximate surface area is 128 Å². The van der Waals surface area contributed by atoms with Gasteiger partial charge in [-0.15, -0.1) is 0 Å². The van der Waals surface area contributed by atoms with Crippen molar-refractivity contribution in [1.29, 1.82) is 0 Å². The average Bonchev–Trinajstić information content (AvgIpc) is 2.98. The van der Waals surface area contributed by atoms with Crippen molar-refractivity contribution >= 4 is 10.0 Å². The highest BCUT2D eigenvalue weighted by Crippen LogP contribution is 2.27. The molecule has 0 aliphatic carbocycles. The fourth-order valence-corrected chi connectivity index (χ4v) is 3.63. The highest BCUT2D eigenvalue weighted by atomic mass is 32.2. The summed E-state index contributed by atoms with van der Waals surface area (Å²) in [5, 5.41) is 0. The van der Waals surface area contributed by atoms with Crippen LogP contribution in [0, 0.1) is 12.7 Å². The van der Waals surface area contributed by atoms with Gasteiger partial charge in [0.25, 0.3) is 10.0 Å². The molecule has 3 nitrogen and oxygen atoms in total. The van der Waals surface area contributed by atoms with E-state index in [1.807, 2.05) is 6.92 Å². The van der Waals surface area contributed by atoms with Gasteiger partial charge < -0.3 is 0 Å². The number of benzene rings is 2. The molecule has 3 rings (SSSR count). The summed E-state index contributed by atoms with van der Waals surface area (Å²) in [6.45, 7) is 1.89. The molecule has 0 aliphatic rings. The zero-order chi connectivity index (χ0) is 15.7. The third-order valence-corrected chi connectivity index (χ3v) is 5.14. The summed E-state index contributed by atoms with van der Waals surface area (Å²) >= 11 is 0. The Bertz CT molecular complexity index is 912. The molecule has 0 radical (unpaired) electrons. The van der Waals surface area contributed by atoms with Crippen molar-refractivity contribution < 1.29 is 12.8 Å². The van der Waals surface area contributed by atoms with E-state index in [-0.39, 0.29) is 10.5 Å². The number of nitrogens with zero attached hydrogens (tertiary/aromatic N) is 1. The van der Waals surface area contributed by atoms with Crippen molar-refractivity contribution in [2.45, 2.75) is 11.8 Å². The summed E-state index contributed by atoms with van der Waals surface area (Å²) in [6, 6.07) is 15.9. The molecule has 0 unspecified atom stereocenters. The fourth-order valence-electron chi connectivity index (χ4n) is 2.28. The molecule has 0 saturated carbocycles. The largest absolute Gasteiger partial charge is 0.268 e. The highest BCUT2D eigenvalue weighted by molar-refractivity contribution is 7.90. The first-order chi connectivity index (χ1) is 10.5. The van der Waals surface area contributed by atoms with E-state index in [9.17, 15) is 12.8 Å². The average molecular weight is 315 g/mol. The van der Waals surface area contributed by atoms with Crippen LogP contribution in [0.15, 0.2) is 71.8 Å². The van der Waals surface area contributed by atoms with Crippen LogP contribution in [0.2, 0.25) is 0 Å². The molecule has 112 valence electrons. The molecule has 5 heteroatoms. The predicted molar refractivity (Wildman–Crippen MR) is 83.6 cm³/mol. The van der Waals surface area contributed by atoms with Gasteiger partial charge in [0.05, 0.1) is 10.6 Å². The van der Waals surface area contributed by atoms with Gasteiger partial charge in [0, 0.05) is 11.8 Å². The van der Waals surface area contributed by atoms with Crippen LogP contribution < -0.4 is 0 Å². The van der Waals surface area contributed by atoms with Crippen LogP contribution in [-0.4, -0.2) is 12.4 Å². The monoisotopic (exact) mass is 315 g/mol. The first-order valence-electron chi connectivity index (χ1n) is 6.74. The molecular weight excluding hydrogens is 301 g/mol. The topological polar surface area (TPSA) is 39.1 Å². The first kappa shape index (κ1) is 14.5. The predicted octanol–water partition coefficient (Wildman–Crippen LogP) is 3.84. The molecule has 0 bridgehead atoms. The van der Waals surface area contributed by atoms with Gasteiger partial charge in [-0.25, -0.2) is 16.8 Å². The van der Waals surface area contributed by atoms with Gasteiger partial charge in [-0.2, -0.15) is 0 Å². The normalized spacial score (nSPS) is 11.5. The van der Waals surface area contributed by atoms with Gasteiger partial charge in [0.15, 0.2) is 0 Å². The minimum atomic E-state index is -3.76. The molecule has 0 amide bonds. The molecule has 0 fully saturated rings. The van der Waals surface area contributed by atoms with Gasteiger partial charge >= 0.3 is 0 Å². The van der Waals surface area contributed by atoms with Gasteiger partial charge in [-0.3, -0.25) is 0 Å². The molecule has 0 saturated heterocycles. The van der Waals surface area contributed by atoms with Gasteiger partial charge in [-0.1, -0.05) is 29.8 Å². The molecule has 0 aliphatic heterocycles. The Morgan fingerprint density at radius 3 is 2.27 bits per heavy atom. The second-order valence-electron chi connectivity index (χ2n) is 4.99. The van der Waals surface area contributed by atoms with Crippen LogP contribution in [0.4, 0.5) is 4.39 Å². The van der Waals surface area contributed by atoms with Gasteiger partial charge in [-0.05, 0) is 43.3 Å². The molecule has 1 aromatic heterocycles. The van der Waals surface area contributed by atoms with Crippen LogP contribution in [0.1, 0.15) is 5.56 Å². The lowest BCUT2D eigenvalue weighted by atomic mass is 10.1. The van der Waals surface area contributed by atoms with E-state index in [0.29, 0.717) is 5.69 Å². The van der Waals surface area contributed by atoms with Gasteiger partial charge in [0.1, 0.15) is 5.82 Å². The van der Waals surface area contributed by atoms with Crippen molar-refractivity contribution in [3.8, 4) is 11.3 Å². The summed E-state index contributed by atoms with van der Waals surface area (Å²) in [5.74, 6) is -0.457. The van der Waals surface area contributed by atoms with Crippen molar-refractivity contribution in [2.24, 2.45) is 0 Å². The quantitative estimate of drug-likeness (QED) is 0.736. The van der Waals surface area contributed by atoms with Crippen molar-refractivity contribution in [2.75, 3.05) is 0 Å². The van der Waals surface area contributed by atoms with E-state index in [1.165, 1.54) is 12.3 Å². The van der Waals surface area contributed by atoms with E-state index in [0.717, 1.165) is 9.54 Å². The Morgan fingerprint density at radius 2 is 1.59 bits per heavy atom. The Kier molecular flexibility index (Phi) is 3.58. The molecular formula is C17H14FNO2S. The number of rotatable bonds is 3. The second kappa shape index (κ2) is 5.42. The summed E-state index contributed by atoms with van der Waals surface area (Å²) in [7, 11) is -3.76. The molecule has 0 spiro atoms. The molecule has 0 atom stereocenters. The Hall–Kier alpha value is -2.40. The van der Waals surface area contributed by atoms with Crippen molar-refractivity contribution in [3.63, 3.8) is 0 Å². The van der Waals surface area contributed by atoms with E-state index in [4.69, 9.17) is 0 Å². The second-order valence-corrected chi connectivity index (χ2v) is 6.80. The number of aromatic nitrogens is 1. The van der Waals surface area contributed by atoms with E-state index in [2.05, 4.69) is 0 Å². The fraction of sp³-hybridized carbons (Fsp3) is 0.0588. The minimum absolute atomic E-state index is 0.173. The van der Waals surface area contributed by atoms with Gasteiger partial charge in [0.2, 0.25) is 0 Å². The summed E-state index contributed by atoms with van der Waals surface area (Å²) < 4.78 is 40.6. The Balaban J connectivity index is 2.16. The Morgan fingerprint density at radius 1 is 0.909 bits per heavy atom. The molecule has 3 aromatic rings. The van der Waals surface area contributed by atoms with Crippen molar-refractivity contribution in [3.05, 3.63) is 78.2 Å². The van der Waals surface area contributed by atoms with Crippen LogP contribution in [0.5, 0.6) is 0 Å². The molecule has 1 heterocycles. The summed E-state index contributed by atoms with van der Waals surface area (Å²) in [5.41, 5.74) is 1.53. The summed E-state index contributed by atoms with van der Waals surface area (Å²) in [4.78, 5) is 0.173. The number of hydrogen-bond donors (Lipinski definition) is 0. The number of halogens is 1. The van der Waals surface area contributed by atoms with E-state index < -0.39 is 15.8 Å². The SMILES string of the molecule is Cc1ccc(S(=O)(=O)n2cccc2-c2ccccc2F)cc1. The summed E-state index contributed by atoms with van der Waals surface area (Å²) in [6.07, 6.45) is 1.43. The maximum atomic E-state index is 14.0. The smallest absolute Gasteiger partial charge is 0.241 e. The third kappa shape index (κ3) is 2.44. The first-order valence-corrected chi connectivity index (χ1v) is 8.18. The molecule has 2 aromatic carbocycles. The van der Waals surface area contributed by atoms with Crippen LogP contribution in [0.3, 0.4) is 0 Å².